The molecule has 110 valence electrons. The van der Waals surface area contributed by atoms with Crippen molar-refractivity contribution < 1.29 is 14.7 Å². The molecule has 0 bridgehead atoms. The number of halogens is 1. The monoisotopic (exact) mass is 341 g/mol. The maximum absolute atomic E-state index is 11.7. The SMILES string of the molecule is O=C(O)CCCCCCNC(=O)Cc1ccc(Br)cc1. The van der Waals surface area contributed by atoms with Crippen LogP contribution in [-0.4, -0.2) is 23.5 Å². The Morgan fingerprint density at radius 3 is 2.35 bits per heavy atom. The first kappa shape index (κ1) is 16.7. The number of carbonyl (C=O) groups excluding carboxylic acids is 1. The first-order valence-electron chi connectivity index (χ1n) is 6.81. The van der Waals surface area contributed by atoms with Crippen LogP contribution >= 0.6 is 15.9 Å². The molecule has 0 aliphatic heterocycles. The van der Waals surface area contributed by atoms with Crippen molar-refractivity contribution in [3.8, 4) is 0 Å². The molecule has 1 amide bonds. The lowest BCUT2D eigenvalue weighted by molar-refractivity contribution is -0.137. The van der Waals surface area contributed by atoms with Crippen LogP contribution in [0, 0.1) is 0 Å². The number of rotatable bonds is 9. The van der Waals surface area contributed by atoms with E-state index in [1.807, 2.05) is 24.3 Å². The topological polar surface area (TPSA) is 66.4 Å². The minimum absolute atomic E-state index is 0.0258. The Balaban J connectivity index is 2.05. The molecule has 0 fully saturated rings. The quantitative estimate of drug-likeness (QED) is 0.678. The van der Waals surface area contributed by atoms with E-state index in [9.17, 15) is 9.59 Å². The van der Waals surface area contributed by atoms with Crippen molar-refractivity contribution in [3.05, 3.63) is 34.3 Å². The van der Waals surface area contributed by atoms with E-state index in [1.165, 1.54) is 0 Å². The summed E-state index contributed by atoms with van der Waals surface area (Å²) in [7, 11) is 0. The average molecular weight is 342 g/mol. The Morgan fingerprint density at radius 2 is 1.70 bits per heavy atom. The highest BCUT2D eigenvalue weighted by Crippen LogP contribution is 2.10. The molecule has 0 radical (unpaired) electrons. The van der Waals surface area contributed by atoms with Gasteiger partial charge in [0.25, 0.3) is 0 Å². The second kappa shape index (κ2) is 9.53. The highest BCUT2D eigenvalue weighted by atomic mass is 79.9. The van der Waals surface area contributed by atoms with Gasteiger partial charge in [-0.15, -0.1) is 0 Å². The van der Waals surface area contributed by atoms with E-state index < -0.39 is 5.97 Å². The Labute approximate surface area is 127 Å². The van der Waals surface area contributed by atoms with Crippen LogP contribution in [0.4, 0.5) is 0 Å². The summed E-state index contributed by atoms with van der Waals surface area (Å²) in [5.41, 5.74) is 0.993. The van der Waals surface area contributed by atoms with Crippen LogP contribution in [0.25, 0.3) is 0 Å². The number of amides is 1. The highest BCUT2D eigenvalue weighted by Gasteiger charge is 2.02. The van der Waals surface area contributed by atoms with Gasteiger partial charge in [0, 0.05) is 17.4 Å². The maximum atomic E-state index is 11.7. The molecule has 0 atom stereocenters. The van der Waals surface area contributed by atoms with Gasteiger partial charge in [0.15, 0.2) is 0 Å². The number of carboxylic acids is 1. The Kier molecular flexibility index (Phi) is 7.95. The lowest BCUT2D eigenvalue weighted by Crippen LogP contribution is -2.26. The first-order valence-corrected chi connectivity index (χ1v) is 7.60. The normalized spacial score (nSPS) is 10.2. The second-order valence-corrected chi connectivity index (χ2v) is 5.63. The van der Waals surface area contributed by atoms with Crippen LogP contribution in [0.15, 0.2) is 28.7 Å². The molecule has 0 aliphatic rings. The van der Waals surface area contributed by atoms with E-state index in [2.05, 4.69) is 21.2 Å². The number of hydrogen-bond donors (Lipinski definition) is 2. The van der Waals surface area contributed by atoms with Gasteiger partial charge in [-0.3, -0.25) is 9.59 Å². The molecule has 0 heterocycles. The molecule has 0 saturated heterocycles. The molecular weight excluding hydrogens is 322 g/mol. The predicted octanol–water partition coefficient (Wildman–Crippen LogP) is 3.14. The van der Waals surface area contributed by atoms with E-state index in [4.69, 9.17) is 5.11 Å². The zero-order chi connectivity index (χ0) is 14.8. The summed E-state index contributed by atoms with van der Waals surface area (Å²) in [4.78, 5) is 22.0. The van der Waals surface area contributed by atoms with Crippen molar-refractivity contribution in [3.63, 3.8) is 0 Å². The fraction of sp³-hybridized carbons (Fsp3) is 0.467. The van der Waals surface area contributed by atoms with Crippen molar-refractivity contribution in [2.45, 2.75) is 38.5 Å². The standard InChI is InChI=1S/C15H20BrNO3/c16-13-8-6-12(7-9-13)11-14(18)17-10-4-2-1-3-5-15(19)20/h6-9H,1-5,10-11H2,(H,17,18)(H,19,20). The van der Waals surface area contributed by atoms with Crippen LogP contribution in [0.3, 0.4) is 0 Å². The van der Waals surface area contributed by atoms with E-state index in [0.717, 1.165) is 29.3 Å². The van der Waals surface area contributed by atoms with Gasteiger partial charge in [-0.1, -0.05) is 40.9 Å². The van der Waals surface area contributed by atoms with E-state index >= 15 is 0 Å². The van der Waals surface area contributed by atoms with Gasteiger partial charge in [-0.25, -0.2) is 0 Å². The number of nitrogens with one attached hydrogen (secondary N) is 1. The van der Waals surface area contributed by atoms with Crippen LogP contribution in [-0.2, 0) is 16.0 Å². The molecule has 2 N–H and O–H groups in total. The molecule has 0 spiro atoms. The summed E-state index contributed by atoms with van der Waals surface area (Å²) < 4.78 is 1.00. The van der Waals surface area contributed by atoms with Crippen molar-refractivity contribution >= 4 is 27.8 Å². The first-order chi connectivity index (χ1) is 9.58. The van der Waals surface area contributed by atoms with E-state index in [1.54, 1.807) is 0 Å². The molecule has 5 heteroatoms. The molecule has 1 aromatic carbocycles. The number of unbranched alkanes of at least 4 members (excludes halogenated alkanes) is 3. The fourth-order valence-corrected chi connectivity index (χ4v) is 2.10. The number of hydrogen-bond acceptors (Lipinski definition) is 2. The zero-order valence-corrected chi connectivity index (χ0v) is 13.0. The summed E-state index contributed by atoms with van der Waals surface area (Å²) in [6.07, 6.45) is 4.08. The average Bonchev–Trinajstić information content (AvgIpc) is 2.40. The molecule has 0 unspecified atom stereocenters. The van der Waals surface area contributed by atoms with E-state index in [-0.39, 0.29) is 12.3 Å². The van der Waals surface area contributed by atoms with Gasteiger partial charge in [-0.05, 0) is 30.5 Å². The van der Waals surface area contributed by atoms with Crippen molar-refractivity contribution in [2.24, 2.45) is 0 Å². The molecule has 0 saturated carbocycles. The number of aliphatic carboxylic acids is 1. The summed E-state index contributed by atoms with van der Waals surface area (Å²) >= 11 is 3.36. The summed E-state index contributed by atoms with van der Waals surface area (Å²) in [6.45, 7) is 0.655. The van der Waals surface area contributed by atoms with Gasteiger partial charge in [-0.2, -0.15) is 0 Å². The van der Waals surface area contributed by atoms with Gasteiger partial charge < -0.3 is 10.4 Å². The summed E-state index contributed by atoms with van der Waals surface area (Å²) in [6, 6.07) is 7.70. The van der Waals surface area contributed by atoms with Gasteiger partial charge >= 0.3 is 5.97 Å². The highest BCUT2D eigenvalue weighted by molar-refractivity contribution is 9.10. The smallest absolute Gasteiger partial charge is 0.303 e. The van der Waals surface area contributed by atoms with Crippen LogP contribution < -0.4 is 5.32 Å². The Morgan fingerprint density at radius 1 is 1.05 bits per heavy atom. The predicted molar refractivity (Wildman–Crippen MR) is 81.6 cm³/mol. The molecule has 1 aromatic rings. The largest absolute Gasteiger partial charge is 0.481 e. The third kappa shape index (κ3) is 7.94. The van der Waals surface area contributed by atoms with Gasteiger partial charge in [0.2, 0.25) is 5.91 Å². The van der Waals surface area contributed by atoms with Gasteiger partial charge in [0.1, 0.15) is 0 Å². The fourth-order valence-electron chi connectivity index (χ4n) is 1.83. The van der Waals surface area contributed by atoms with Crippen LogP contribution in [0.2, 0.25) is 0 Å². The number of benzene rings is 1. The minimum atomic E-state index is -0.743. The van der Waals surface area contributed by atoms with Crippen LogP contribution in [0.5, 0.6) is 0 Å². The molecule has 20 heavy (non-hydrogen) atoms. The second-order valence-electron chi connectivity index (χ2n) is 4.71. The number of carboxylic acid groups (broad SMARTS) is 1. The minimum Gasteiger partial charge on any atom is -0.481 e. The lowest BCUT2D eigenvalue weighted by atomic mass is 10.1. The Bertz CT molecular complexity index is 431. The molecule has 0 aromatic heterocycles. The Hall–Kier alpha value is -1.36. The number of carbonyl (C=O) groups is 2. The van der Waals surface area contributed by atoms with Gasteiger partial charge in [0.05, 0.1) is 6.42 Å². The van der Waals surface area contributed by atoms with Crippen LogP contribution in [0.1, 0.15) is 37.7 Å². The molecule has 1 rings (SSSR count). The zero-order valence-electron chi connectivity index (χ0n) is 11.4. The van der Waals surface area contributed by atoms with Crippen molar-refractivity contribution in [1.82, 2.24) is 5.32 Å². The van der Waals surface area contributed by atoms with Crippen molar-refractivity contribution in [1.29, 1.82) is 0 Å². The molecule has 0 aliphatic carbocycles. The summed E-state index contributed by atoms with van der Waals surface area (Å²) in [5, 5.41) is 11.4. The third-order valence-corrected chi connectivity index (χ3v) is 3.45. The third-order valence-electron chi connectivity index (χ3n) is 2.92. The van der Waals surface area contributed by atoms with Crippen molar-refractivity contribution in [2.75, 3.05) is 6.54 Å². The lowest BCUT2D eigenvalue weighted by Gasteiger charge is -2.05. The molecule has 4 nitrogen and oxygen atoms in total. The molecular formula is C15H20BrNO3. The maximum Gasteiger partial charge on any atom is 0.303 e. The summed E-state index contributed by atoms with van der Waals surface area (Å²) in [5.74, 6) is -0.717. The van der Waals surface area contributed by atoms with E-state index in [0.29, 0.717) is 19.4 Å².